The standard InChI is InChI=1S/C21H14O2/c22-11-14-6-5-13-9-17-15-4-2-1-3-12(15)7-8-16(17)18-10-19(23)21(14)20(13)18/h1-9,22H,10-11H2. The van der Waals surface area contributed by atoms with E-state index in [0.29, 0.717) is 6.42 Å². The van der Waals surface area contributed by atoms with Crippen molar-refractivity contribution >= 4 is 38.1 Å². The van der Waals surface area contributed by atoms with Crippen molar-refractivity contribution in [3.05, 3.63) is 71.3 Å². The van der Waals surface area contributed by atoms with E-state index < -0.39 is 0 Å². The van der Waals surface area contributed by atoms with Crippen molar-refractivity contribution in [3.8, 4) is 0 Å². The summed E-state index contributed by atoms with van der Waals surface area (Å²) < 4.78 is 0. The normalized spacial score (nSPS) is 13.5. The Hall–Kier alpha value is -2.71. The monoisotopic (exact) mass is 298 g/mol. The van der Waals surface area contributed by atoms with Gasteiger partial charge in [-0.05, 0) is 49.5 Å². The van der Waals surface area contributed by atoms with Gasteiger partial charge < -0.3 is 5.11 Å². The molecule has 1 N–H and O–H groups in total. The van der Waals surface area contributed by atoms with Gasteiger partial charge in [0.25, 0.3) is 0 Å². The lowest BCUT2D eigenvalue weighted by Gasteiger charge is -2.10. The van der Waals surface area contributed by atoms with E-state index in [1.807, 2.05) is 18.2 Å². The molecule has 0 bridgehead atoms. The minimum absolute atomic E-state index is 0.0911. The molecule has 0 amide bonds. The third kappa shape index (κ3) is 1.59. The van der Waals surface area contributed by atoms with Crippen LogP contribution < -0.4 is 0 Å². The molecule has 0 aliphatic heterocycles. The van der Waals surface area contributed by atoms with Crippen LogP contribution in [0.15, 0.2) is 54.6 Å². The van der Waals surface area contributed by atoms with E-state index >= 15 is 0 Å². The smallest absolute Gasteiger partial charge is 0.168 e. The van der Waals surface area contributed by atoms with Crippen molar-refractivity contribution in [2.75, 3.05) is 0 Å². The lowest BCUT2D eigenvalue weighted by Crippen LogP contribution is -1.99. The molecule has 0 saturated heterocycles. The van der Waals surface area contributed by atoms with Gasteiger partial charge >= 0.3 is 0 Å². The average Bonchev–Trinajstić information content (AvgIpc) is 2.94. The van der Waals surface area contributed by atoms with Crippen LogP contribution in [0.4, 0.5) is 0 Å². The molecule has 110 valence electrons. The number of fused-ring (bicyclic) bond motifs is 4. The zero-order chi connectivity index (χ0) is 15.6. The summed E-state index contributed by atoms with van der Waals surface area (Å²) in [6, 6.07) is 18.7. The van der Waals surface area contributed by atoms with E-state index in [1.54, 1.807) is 0 Å². The van der Waals surface area contributed by atoms with Gasteiger partial charge in [-0.15, -0.1) is 0 Å². The molecule has 0 heterocycles. The summed E-state index contributed by atoms with van der Waals surface area (Å²) in [5.74, 6) is 0.121. The van der Waals surface area contributed by atoms with Gasteiger partial charge in [0.1, 0.15) is 0 Å². The minimum atomic E-state index is -0.0911. The maximum atomic E-state index is 12.5. The Morgan fingerprint density at radius 2 is 1.70 bits per heavy atom. The van der Waals surface area contributed by atoms with Gasteiger partial charge in [-0.2, -0.15) is 0 Å². The predicted molar refractivity (Wildman–Crippen MR) is 92.9 cm³/mol. The van der Waals surface area contributed by atoms with Crippen LogP contribution in [0.2, 0.25) is 0 Å². The molecule has 4 aromatic rings. The van der Waals surface area contributed by atoms with Crippen LogP contribution >= 0.6 is 0 Å². The molecule has 0 atom stereocenters. The average molecular weight is 298 g/mol. The predicted octanol–water partition coefficient (Wildman–Crippen LogP) is 4.38. The molecule has 1 aliphatic rings. The Morgan fingerprint density at radius 3 is 2.57 bits per heavy atom. The first-order valence-electron chi connectivity index (χ1n) is 7.81. The number of ketones is 1. The summed E-state index contributed by atoms with van der Waals surface area (Å²) in [6.45, 7) is -0.0911. The number of benzene rings is 4. The first-order valence-corrected chi connectivity index (χ1v) is 7.81. The molecular formula is C21H14O2. The summed E-state index contributed by atoms with van der Waals surface area (Å²) in [7, 11) is 0. The van der Waals surface area contributed by atoms with E-state index in [9.17, 15) is 9.90 Å². The van der Waals surface area contributed by atoms with Gasteiger partial charge in [0, 0.05) is 12.0 Å². The maximum Gasteiger partial charge on any atom is 0.168 e. The van der Waals surface area contributed by atoms with Gasteiger partial charge in [0.05, 0.1) is 6.61 Å². The first kappa shape index (κ1) is 12.8. The highest BCUT2D eigenvalue weighted by Gasteiger charge is 2.26. The topological polar surface area (TPSA) is 37.3 Å². The Labute approximate surface area is 133 Å². The van der Waals surface area contributed by atoms with E-state index in [4.69, 9.17) is 0 Å². The van der Waals surface area contributed by atoms with Crippen molar-refractivity contribution in [1.29, 1.82) is 0 Å². The highest BCUT2D eigenvalue weighted by atomic mass is 16.3. The molecule has 0 fully saturated rings. The van der Waals surface area contributed by atoms with Crippen LogP contribution in [0.1, 0.15) is 21.5 Å². The number of Topliss-reactive ketones (excluding diaryl/α,β-unsaturated/α-hetero) is 1. The van der Waals surface area contributed by atoms with E-state index in [-0.39, 0.29) is 12.4 Å². The van der Waals surface area contributed by atoms with Crippen LogP contribution in [0.3, 0.4) is 0 Å². The summed E-state index contributed by atoms with van der Waals surface area (Å²) >= 11 is 0. The molecule has 0 saturated carbocycles. The summed E-state index contributed by atoms with van der Waals surface area (Å²) in [6.07, 6.45) is 0.429. The molecule has 0 radical (unpaired) electrons. The van der Waals surface area contributed by atoms with Crippen molar-refractivity contribution in [3.63, 3.8) is 0 Å². The van der Waals surface area contributed by atoms with E-state index in [0.717, 1.165) is 32.8 Å². The van der Waals surface area contributed by atoms with Crippen LogP contribution in [0.25, 0.3) is 32.3 Å². The molecule has 0 spiro atoms. The van der Waals surface area contributed by atoms with Crippen LogP contribution in [0.5, 0.6) is 0 Å². The largest absolute Gasteiger partial charge is 0.392 e. The molecule has 0 aromatic heterocycles. The van der Waals surface area contributed by atoms with Crippen molar-refractivity contribution in [1.82, 2.24) is 0 Å². The quantitative estimate of drug-likeness (QED) is 0.418. The molecule has 5 rings (SSSR count). The Morgan fingerprint density at radius 1 is 0.870 bits per heavy atom. The Bertz CT molecular complexity index is 1140. The van der Waals surface area contributed by atoms with Crippen LogP contribution in [-0.4, -0.2) is 10.9 Å². The highest BCUT2D eigenvalue weighted by Crippen LogP contribution is 2.40. The van der Waals surface area contributed by atoms with Gasteiger partial charge in [0.15, 0.2) is 5.78 Å². The fourth-order valence-corrected chi connectivity index (χ4v) is 3.99. The van der Waals surface area contributed by atoms with Gasteiger partial charge in [-0.25, -0.2) is 0 Å². The molecular weight excluding hydrogens is 284 g/mol. The maximum absolute atomic E-state index is 12.5. The molecule has 2 nitrogen and oxygen atoms in total. The zero-order valence-corrected chi connectivity index (χ0v) is 12.5. The van der Waals surface area contributed by atoms with Crippen LogP contribution in [-0.2, 0) is 13.0 Å². The van der Waals surface area contributed by atoms with Crippen LogP contribution in [0, 0.1) is 0 Å². The van der Waals surface area contributed by atoms with Crippen molar-refractivity contribution < 1.29 is 9.90 Å². The summed E-state index contributed by atoms with van der Waals surface area (Å²) in [5.41, 5.74) is 2.56. The Balaban J connectivity index is 2.04. The second kappa shape index (κ2) is 4.40. The SMILES string of the molecule is O=C1Cc2c3ccc4ccccc4c3cc3ccc(CO)c1c23. The summed E-state index contributed by atoms with van der Waals surface area (Å²) in [5, 5.41) is 16.4. The fourth-order valence-electron chi connectivity index (χ4n) is 3.99. The number of aliphatic hydroxyl groups is 1. The third-order valence-electron chi connectivity index (χ3n) is 5.01. The number of carbonyl (C=O) groups excluding carboxylic acids is 1. The van der Waals surface area contributed by atoms with Gasteiger partial charge in [-0.3, -0.25) is 4.79 Å². The lowest BCUT2D eigenvalue weighted by molar-refractivity contribution is 0.0997. The number of carbonyl (C=O) groups is 1. The van der Waals surface area contributed by atoms with Crippen molar-refractivity contribution in [2.24, 2.45) is 0 Å². The first-order chi connectivity index (χ1) is 11.3. The second-order valence-corrected chi connectivity index (χ2v) is 6.19. The zero-order valence-electron chi connectivity index (χ0n) is 12.5. The third-order valence-corrected chi connectivity index (χ3v) is 5.01. The van der Waals surface area contributed by atoms with Gasteiger partial charge in [-0.1, -0.05) is 48.5 Å². The molecule has 1 aliphatic carbocycles. The molecule has 0 unspecified atom stereocenters. The molecule has 4 aromatic carbocycles. The second-order valence-electron chi connectivity index (χ2n) is 6.19. The van der Waals surface area contributed by atoms with E-state index in [1.165, 1.54) is 16.2 Å². The number of hydrogen-bond donors (Lipinski definition) is 1. The van der Waals surface area contributed by atoms with Crippen molar-refractivity contribution in [2.45, 2.75) is 13.0 Å². The fraction of sp³-hybridized carbons (Fsp3) is 0.0952. The van der Waals surface area contributed by atoms with Gasteiger partial charge in [0.2, 0.25) is 0 Å². The molecule has 2 heteroatoms. The number of rotatable bonds is 1. The highest BCUT2D eigenvalue weighted by molar-refractivity contribution is 6.24. The Kier molecular flexibility index (Phi) is 2.45. The van der Waals surface area contributed by atoms with E-state index in [2.05, 4.69) is 36.4 Å². The minimum Gasteiger partial charge on any atom is -0.392 e. The summed E-state index contributed by atoms with van der Waals surface area (Å²) in [4.78, 5) is 12.5. The molecule has 23 heavy (non-hydrogen) atoms. The number of hydrogen-bond acceptors (Lipinski definition) is 2. The number of aliphatic hydroxyl groups excluding tert-OH is 1. The lowest BCUT2D eigenvalue weighted by atomic mass is 9.93.